The summed E-state index contributed by atoms with van der Waals surface area (Å²) >= 11 is 1.67. The number of thiophene rings is 1. The van der Waals surface area contributed by atoms with Crippen LogP contribution in [0.3, 0.4) is 0 Å². The number of nitrogens with zero attached hydrogens (tertiary/aromatic N) is 1. The third-order valence-electron chi connectivity index (χ3n) is 4.46. The van der Waals surface area contributed by atoms with Gasteiger partial charge < -0.3 is 14.8 Å². The number of carbonyl (C=O) groups is 1. The predicted molar refractivity (Wildman–Crippen MR) is 108 cm³/mol. The number of morpholine rings is 1. The van der Waals surface area contributed by atoms with Gasteiger partial charge in [0, 0.05) is 24.4 Å². The van der Waals surface area contributed by atoms with Gasteiger partial charge in [0.25, 0.3) is 0 Å². The van der Waals surface area contributed by atoms with Gasteiger partial charge in [0.05, 0.1) is 30.9 Å². The van der Waals surface area contributed by atoms with E-state index in [0.717, 1.165) is 12.8 Å². The van der Waals surface area contributed by atoms with Crippen LogP contribution in [0.25, 0.3) is 0 Å². The van der Waals surface area contributed by atoms with Gasteiger partial charge in [-0.05, 0) is 42.5 Å². The average molecular weight is 425 g/mol. The molecule has 1 aliphatic rings. The molecule has 0 saturated carbocycles. The van der Waals surface area contributed by atoms with Crippen LogP contribution in [0.1, 0.15) is 17.7 Å². The molecule has 1 saturated heterocycles. The highest BCUT2D eigenvalue weighted by atomic mass is 32.2. The second kappa shape index (κ2) is 9.51. The fourth-order valence-electron chi connectivity index (χ4n) is 2.97. The van der Waals surface area contributed by atoms with Crippen molar-refractivity contribution in [2.75, 3.05) is 38.7 Å². The summed E-state index contributed by atoms with van der Waals surface area (Å²) in [6.07, 6.45) is 1.91. The highest BCUT2D eigenvalue weighted by Crippen LogP contribution is 2.29. The minimum atomic E-state index is -3.64. The van der Waals surface area contributed by atoms with Gasteiger partial charge in [-0.25, -0.2) is 8.42 Å². The fourth-order valence-corrected chi connectivity index (χ4v) is 5.16. The van der Waals surface area contributed by atoms with Crippen LogP contribution in [0, 0.1) is 0 Å². The molecule has 1 fully saturated rings. The lowest BCUT2D eigenvalue weighted by molar-refractivity contribution is -0.116. The van der Waals surface area contributed by atoms with E-state index in [1.54, 1.807) is 17.4 Å². The monoisotopic (exact) mass is 424 g/mol. The Morgan fingerprint density at radius 1 is 1.29 bits per heavy atom. The predicted octanol–water partition coefficient (Wildman–Crippen LogP) is 2.74. The molecule has 9 heteroatoms. The zero-order chi connectivity index (χ0) is 20.0. The quantitative estimate of drug-likeness (QED) is 0.704. The molecule has 1 aromatic heterocycles. The largest absolute Gasteiger partial charge is 0.495 e. The number of anilines is 1. The number of hydrogen-bond donors (Lipinski definition) is 1. The van der Waals surface area contributed by atoms with Crippen LogP contribution in [-0.4, -0.2) is 52.0 Å². The molecule has 0 spiro atoms. The van der Waals surface area contributed by atoms with Crippen LogP contribution in [0.4, 0.5) is 5.69 Å². The molecule has 2 aromatic rings. The second-order valence-corrected chi connectivity index (χ2v) is 9.33. The van der Waals surface area contributed by atoms with Crippen molar-refractivity contribution in [3.63, 3.8) is 0 Å². The summed E-state index contributed by atoms with van der Waals surface area (Å²) < 4.78 is 37.6. The Bertz CT molecular complexity index is 891. The van der Waals surface area contributed by atoms with Crippen molar-refractivity contribution in [2.45, 2.75) is 24.2 Å². The molecule has 3 rings (SSSR count). The lowest BCUT2D eigenvalue weighted by Crippen LogP contribution is -2.40. The zero-order valence-corrected chi connectivity index (χ0v) is 17.4. The molecule has 1 aromatic carbocycles. The molecular weight excluding hydrogens is 400 g/mol. The maximum Gasteiger partial charge on any atom is 0.243 e. The van der Waals surface area contributed by atoms with E-state index in [0.29, 0.717) is 44.2 Å². The van der Waals surface area contributed by atoms with Crippen LogP contribution < -0.4 is 10.1 Å². The summed E-state index contributed by atoms with van der Waals surface area (Å²) in [5.74, 6) is 0.253. The second-order valence-electron chi connectivity index (χ2n) is 6.36. The summed E-state index contributed by atoms with van der Waals surface area (Å²) in [7, 11) is -2.16. The molecule has 0 unspecified atom stereocenters. The summed E-state index contributed by atoms with van der Waals surface area (Å²) in [4.78, 5) is 13.7. The molecule has 1 aliphatic heterocycles. The van der Waals surface area contributed by atoms with E-state index >= 15 is 0 Å². The number of aryl methyl sites for hydroxylation is 1. The number of carbonyl (C=O) groups excluding carboxylic acids is 1. The fraction of sp³-hybridized carbons (Fsp3) is 0.421. The van der Waals surface area contributed by atoms with Crippen molar-refractivity contribution < 1.29 is 22.7 Å². The minimum Gasteiger partial charge on any atom is -0.495 e. The molecule has 0 aliphatic carbocycles. The third kappa shape index (κ3) is 5.11. The van der Waals surface area contributed by atoms with E-state index in [-0.39, 0.29) is 10.8 Å². The number of methoxy groups -OCH3 is 1. The summed E-state index contributed by atoms with van der Waals surface area (Å²) in [5, 5.41) is 4.80. The Balaban J connectivity index is 1.69. The minimum absolute atomic E-state index is 0.129. The maximum atomic E-state index is 12.8. The molecular formula is C19H24N2O5S2. The molecule has 1 N–H and O–H groups in total. The normalized spacial score (nSPS) is 15.3. The molecule has 152 valence electrons. The summed E-state index contributed by atoms with van der Waals surface area (Å²) in [5.41, 5.74) is 0.359. The Labute approximate surface area is 169 Å². The van der Waals surface area contributed by atoms with E-state index < -0.39 is 10.0 Å². The van der Waals surface area contributed by atoms with Crippen molar-refractivity contribution in [2.24, 2.45) is 0 Å². The van der Waals surface area contributed by atoms with Gasteiger partial charge in [0.2, 0.25) is 15.9 Å². The van der Waals surface area contributed by atoms with Crippen LogP contribution in [-0.2, 0) is 26.0 Å². The molecule has 2 heterocycles. The van der Waals surface area contributed by atoms with Gasteiger partial charge in [-0.2, -0.15) is 4.31 Å². The van der Waals surface area contributed by atoms with Crippen molar-refractivity contribution in [1.82, 2.24) is 4.31 Å². The molecule has 7 nitrogen and oxygen atoms in total. The summed E-state index contributed by atoms with van der Waals surface area (Å²) in [6.45, 7) is 1.39. The number of benzene rings is 1. The molecule has 0 bridgehead atoms. The number of rotatable bonds is 8. The summed E-state index contributed by atoms with van der Waals surface area (Å²) in [6, 6.07) is 8.56. The van der Waals surface area contributed by atoms with Crippen molar-refractivity contribution in [1.29, 1.82) is 0 Å². The highest BCUT2D eigenvalue weighted by molar-refractivity contribution is 7.89. The topological polar surface area (TPSA) is 84.9 Å². The van der Waals surface area contributed by atoms with E-state index in [1.807, 2.05) is 17.5 Å². The number of ether oxygens (including phenoxy) is 2. The molecule has 0 atom stereocenters. The lowest BCUT2D eigenvalue weighted by atomic mass is 10.2. The van der Waals surface area contributed by atoms with Crippen LogP contribution in [0.2, 0.25) is 0 Å². The number of nitrogens with one attached hydrogen (secondary N) is 1. The maximum absolute atomic E-state index is 12.8. The van der Waals surface area contributed by atoms with Gasteiger partial charge in [0.15, 0.2) is 0 Å². The number of amides is 1. The van der Waals surface area contributed by atoms with E-state index in [1.165, 1.54) is 28.4 Å². The number of sulfonamides is 1. The SMILES string of the molecule is COc1ccc(S(=O)(=O)N2CCOCC2)cc1NC(=O)CCCc1cccs1. The third-order valence-corrected chi connectivity index (χ3v) is 7.29. The Kier molecular flexibility index (Phi) is 7.06. The first-order valence-corrected chi connectivity index (χ1v) is 11.4. The Hall–Kier alpha value is -1.94. The first kappa shape index (κ1) is 20.8. The lowest BCUT2D eigenvalue weighted by Gasteiger charge is -2.26. The zero-order valence-electron chi connectivity index (χ0n) is 15.7. The number of hydrogen-bond acceptors (Lipinski definition) is 6. The van der Waals surface area contributed by atoms with Crippen LogP contribution >= 0.6 is 11.3 Å². The highest BCUT2D eigenvalue weighted by Gasteiger charge is 2.27. The van der Waals surface area contributed by atoms with Gasteiger partial charge in [-0.3, -0.25) is 4.79 Å². The molecule has 1 amide bonds. The smallest absolute Gasteiger partial charge is 0.243 e. The van der Waals surface area contributed by atoms with Crippen molar-refractivity contribution >= 4 is 33.0 Å². The van der Waals surface area contributed by atoms with Gasteiger partial charge in [0.1, 0.15) is 5.75 Å². The van der Waals surface area contributed by atoms with Gasteiger partial charge >= 0.3 is 0 Å². The standard InChI is InChI=1S/C19H24N2O5S2/c1-25-18-8-7-16(28(23,24)21-9-11-26-12-10-21)14-17(18)20-19(22)6-2-4-15-5-3-13-27-15/h3,5,7-8,13-14H,2,4,6,9-12H2,1H3,(H,20,22). The van der Waals surface area contributed by atoms with E-state index in [2.05, 4.69) is 5.32 Å². The Morgan fingerprint density at radius 3 is 2.75 bits per heavy atom. The average Bonchev–Trinajstić information content (AvgIpc) is 3.22. The van der Waals surface area contributed by atoms with Crippen LogP contribution in [0.15, 0.2) is 40.6 Å². The Morgan fingerprint density at radius 2 is 2.07 bits per heavy atom. The van der Waals surface area contributed by atoms with E-state index in [9.17, 15) is 13.2 Å². The molecule has 28 heavy (non-hydrogen) atoms. The van der Waals surface area contributed by atoms with Crippen LogP contribution in [0.5, 0.6) is 5.75 Å². The van der Waals surface area contributed by atoms with Crippen molar-refractivity contribution in [3.05, 3.63) is 40.6 Å². The van der Waals surface area contributed by atoms with E-state index in [4.69, 9.17) is 9.47 Å². The molecule has 0 radical (unpaired) electrons. The first-order valence-electron chi connectivity index (χ1n) is 9.09. The first-order chi connectivity index (χ1) is 13.5. The van der Waals surface area contributed by atoms with Gasteiger partial charge in [-0.15, -0.1) is 11.3 Å². The van der Waals surface area contributed by atoms with Gasteiger partial charge in [-0.1, -0.05) is 6.07 Å². The van der Waals surface area contributed by atoms with Crippen molar-refractivity contribution in [3.8, 4) is 5.75 Å².